The Morgan fingerprint density at radius 2 is 2.04 bits per heavy atom. The molecule has 1 aliphatic rings. The van der Waals surface area contributed by atoms with Crippen molar-refractivity contribution in [1.29, 1.82) is 0 Å². The Hall–Kier alpha value is -1.63. The number of carbonyl (C=O) groups is 2. The highest BCUT2D eigenvalue weighted by atomic mass is 32.2. The van der Waals surface area contributed by atoms with Gasteiger partial charge in [0, 0.05) is 10.9 Å². The molecule has 1 saturated carbocycles. The molecule has 0 heterocycles. The summed E-state index contributed by atoms with van der Waals surface area (Å²) in [6, 6.07) is 3.15. The minimum atomic E-state index is -0.643. The summed E-state index contributed by atoms with van der Waals surface area (Å²) in [7, 11) is 0. The van der Waals surface area contributed by atoms with Crippen LogP contribution in [-0.4, -0.2) is 30.3 Å². The van der Waals surface area contributed by atoms with E-state index >= 15 is 0 Å². The van der Waals surface area contributed by atoms with Crippen LogP contribution in [-0.2, 0) is 14.3 Å². The first-order valence-corrected chi connectivity index (χ1v) is 8.97. The molecule has 0 aromatic heterocycles. The molecule has 0 bridgehead atoms. The maximum absolute atomic E-state index is 13.4. The third kappa shape index (κ3) is 5.78. The summed E-state index contributed by atoms with van der Waals surface area (Å²) >= 11 is 0.836. The van der Waals surface area contributed by atoms with Crippen molar-refractivity contribution in [3.8, 4) is 0 Å². The highest BCUT2D eigenvalue weighted by Gasteiger charge is 2.23. The Kier molecular flexibility index (Phi) is 7.02. The van der Waals surface area contributed by atoms with E-state index in [-0.39, 0.29) is 29.2 Å². The van der Waals surface area contributed by atoms with Gasteiger partial charge in [-0.15, -0.1) is 11.8 Å². The lowest BCUT2D eigenvalue weighted by atomic mass is 9.86. The van der Waals surface area contributed by atoms with Crippen molar-refractivity contribution >= 4 is 23.6 Å². The molecular weight excluding hydrogens is 336 g/mol. The van der Waals surface area contributed by atoms with Crippen molar-refractivity contribution in [3.05, 3.63) is 29.8 Å². The monoisotopic (exact) mass is 357 g/mol. The van der Waals surface area contributed by atoms with Crippen LogP contribution < -0.4 is 5.32 Å². The number of nitrogens with one attached hydrogen (secondary N) is 1. The average molecular weight is 357 g/mol. The quantitative estimate of drug-likeness (QED) is 0.627. The molecular formula is C17H21F2NO3S. The Morgan fingerprint density at radius 3 is 2.79 bits per heavy atom. The predicted octanol–water partition coefficient (Wildman–Crippen LogP) is 3.30. The third-order valence-corrected chi connectivity index (χ3v) is 5.06. The molecule has 132 valence electrons. The zero-order valence-corrected chi connectivity index (χ0v) is 14.3. The smallest absolute Gasteiger partial charge is 0.316 e. The zero-order chi connectivity index (χ0) is 17.5. The Balaban J connectivity index is 1.70. The topological polar surface area (TPSA) is 55.4 Å². The van der Waals surface area contributed by atoms with Crippen molar-refractivity contribution in [3.63, 3.8) is 0 Å². The summed E-state index contributed by atoms with van der Waals surface area (Å²) in [4.78, 5) is 23.5. The fraction of sp³-hybridized carbons (Fsp3) is 0.529. The summed E-state index contributed by atoms with van der Waals surface area (Å²) in [6.45, 7) is 1.74. The van der Waals surface area contributed by atoms with Gasteiger partial charge in [-0.3, -0.25) is 9.59 Å². The minimum absolute atomic E-state index is 0.0347. The molecule has 1 aliphatic carbocycles. The van der Waals surface area contributed by atoms with Gasteiger partial charge in [-0.25, -0.2) is 8.78 Å². The van der Waals surface area contributed by atoms with Gasteiger partial charge in [-0.05, 0) is 37.0 Å². The number of ether oxygens (including phenoxy) is 1. The van der Waals surface area contributed by atoms with Crippen molar-refractivity contribution in [2.45, 2.75) is 43.5 Å². The molecule has 0 spiro atoms. The number of amides is 1. The van der Waals surface area contributed by atoms with Gasteiger partial charge in [0.2, 0.25) is 0 Å². The molecule has 2 rings (SSSR count). The van der Waals surface area contributed by atoms with Crippen LogP contribution in [0, 0.1) is 17.6 Å². The van der Waals surface area contributed by atoms with E-state index in [9.17, 15) is 18.4 Å². The van der Waals surface area contributed by atoms with E-state index in [4.69, 9.17) is 4.74 Å². The summed E-state index contributed by atoms with van der Waals surface area (Å²) in [5.74, 6) is -1.91. The average Bonchev–Trinajstić information content (AvgIpc) is 2.56. The van der Waals surface area contributed by atoms with E-state index in [0.717, 1.165) is 49.2 Å². The molecule has 7 heteroatoms. The van der Waals surface area contributed by atoms with Crippen LogP contribution in [0.1, 0.15) is 32.6 Å². The minimum Gasteiger partial charge on any atom is -0.455 e. The number of hydrogen-bond donors (Lipinski definition) is 1. The van der Waals surface area contributed by atoms with E-state index in [1.807, 2.05) is 0 Å². The molecule has 0 radical (unpaired) electrons. The number of benzene rings is 1. The van der Waals surface area contributed by atoms with Gasteiger partial charge in [-0.2, -0.15) is 0 Å². The molecule has 24 heavy (non-hydrogen) atoms. The fourth-order valence-corrected chi connectivity index (χ4v) is 3.45. The largest absolute Gasteiger partial charge is 0.455 e. The molecule has 4 nitrogen and oxygen atoms in total. The molecule has 1 aromatic carbocycles. The fourth-order valence-electron chi connectivity index (χ4n) is 2.69. The van der Waals surface area contributed by atoms with Crippen LogP contribution in [0.2, 0.25) is 0 Å². The van der Waals surface area contributed by atoms with Gasteiger partial charge >= 0.3 is 5.97 Å². The lowest BCUT2D eigenvalue weighted by Gasteiger charge is -2.29. The van der Waals surface area contributed by atoms with E-state index < -0.39 is 17.6 Å². The number of hydrogen-bond acceptors (Lipinski definition) is 4. The van der Waals surface area contributed by atoms with Crippen LogP contribution in [0.25, 0.3) is 0 Å². The molecule has 1 fully saturated rings. The molecule has 1 aromatic rings. The summed E-state index contributed by atoms with van der Waals surface area (Å²) < 4.78 is 31.3. The van der Waals surface area contributed by atoms with Gasteiger partial charge < -0.3 is 10.1 Å². The molecule has 0 unspecified atom stereocenters. The maximum atomic E-state index is 13.4. The van der Waals surface area contributed by atoms with Crippen molar-refractivity contribution in [2.24, 2.45) is 5.92 Å². The molecule has 1 N–H and O–H groups in total. The summed E-state index contributed by atoms with van der Waals surface area (Å²) in [6.07, 6.45) is 4.29. The SMILES string of the molecule is C[C@@H]1CCCC[C@H]1NC(=O)COC(=O)CSc1cc(F)ccc1F. The first-order chi connectivity index (χ1) is 11.5. The standard InChI is InChI=1S/C17H21F2NO3S/c1-11-4-2-3-5-14(11)20-16(21)9-23-17(22)10-24-15-8-12(18)6-7-13(15)19/h6-8,11,14H,2-5,9-10H2,1H3,(H,20,21)/t11-,14-/m1/s1. The molecule has 0 saturated heterocycles. The van der Waals surface area contributed by atoms with Crippen molar-refractivity contribution < 1.29 is 23.1 Å². The number of halogens is 2. The van der Waals surface area contributed by atoms with Gasteiger partial charge in [-0.1, -0.05) is 19.8 Å². The molecule has 2 atom stereocenters. The van der Waals surface area contributed by atoms with Crippen LogP contribution >= 0.6 is 11.8 Å². The first-order valence-electron chi connectivity index (χ1n) is 7.98. The Bertz CT molecular complexity index is 597. The molecule has 0 aliphatic heterocycles. The summed E-state index contributed by atoms with van der Waals surface area (Å²) in [5, 5.41) is 2.88. The van der Waals surface area contributed by atoms with Gasteiger partial charge in [0.1, 0.15) is 11.6 Å². The van der Waals surface area contributed by atoms with Crippen LogP contribution in [0.3, 0.4) is 0 Å². The van der Waals surface area contributed by atoms with Crippen molar-refractivity contribution in [2.75, 3.05) is 12.4 Å². The number of esters is 1. The van der Waals surface area contributed by atoms with Crippen LogP contribution in [0.5, 0.6) is 0 Å². The Morgan fingerprint density at radius 1 is 1.29 bits per heavy atom. The second-order valence-corrected chi connectivity index (χ2v) is 6.98. The lowest BCUT2D eigenvalue weighted by molar-refractivity contribution is -0.146. The predicted molar refractivity (Wildman–Crippen MR) is 87.6 cm³/mol. The van der Waals surface area contributed by atoms with Gasteiger partial charge in [0.25, 0.3) is 5.91 Å². The lowest BCUT2D eigenvalue weighted by Crippen LogP contribution is -2.43. The molecule has 1 amide bonds. The van der Waals surface area contributed by atoms with Gasteiger partial charge in [0.05, 0.1) is 5.75 Å². The van der Waals surface area contributed by atoms with E-state index in [1.165, 1.54) is 6.42 Å². The summed E-state index contributed by atoms with van der Waals surface area (Å²) in [5.41, 5.74) is 0. The maximum Gasteiger partial charge on any atom is 0.316 e. The highest BCUT2D eigenvalue weighted by Crippen LogP contribution is 2.24. The van der Waals surface area contributed by atoms with Crippen LogP contribution in [0.15, 0.2) is 23.1 Å². The van der Waals surface area contributed by atoms with Crippen LogP contribution in [0.4, 0.5) is 8.78 Å². The van der Waals surface area contributed by atoms with Crippen molar-refractivity contribution in [1.82, 2.24) is 5.32 Å². The second-order valence-electron chi connectivity index (χ2n) is 5.96. The van der Waals surface area contributed by atoms with E-state index in [1.54, 1.807) is 0 Å². The number of thioether (sulfide) groups is 1. The first kappa shape index (κ1) is 18.7. The highest BCUT2D eigenvalue weighted by molar-refractivity contribution is 8.00. The zero-order valence-electron chi connectivity index (χ0n) is 13.5. The van der Waals surface area contributed by atoms with E-state index in [2.05, 4.69) is 12.2 Å². The Labute approximate surface area is 144 Å². The number of rotatable bonds is 6. The van der Waals surface area contributed by atoms with Gasteiger partial charge in [0.15, 0.2) is 6.61 Å². The third-order valence-electron chi connectivity index (χ3n) is 4.06. The second kappa shape index (κ2) is 9.01. The van der Waals surface area contributed by atoms with E-state index in [0.29, 0.717) is 5.92 Å². The number of carbonyl (C=O) groups excluding carboxylic acids is 2. The normalized spacial score (nSPS) is 20.5.